The summed E-state index contributed by atoms with van der Waals surface area (Å²) in [7, 11) is 4.03. The lowest BCUT2D eigenvalue weighted by Crippen LogP contribution is -2.49. The van der Waals surface area contributed by atoms with Gasteiger partial charge < -0.3 is 25.1 Å². The van der Waals surface area contributed by atoms with Crippen molar-refractivity contribution in [1.82, 2.24) is 33.9 Å². The first kappa shape index (κ1) is 26.9. The Morgan fingerprint density at radius 3 is 2.38 bits per heavy atom. The molecule has 5 aromatic rings. The molecule has 0 amide bonds. The van der Waals surface area contributed by atoms with Crippen LogP contribution < -0.4 is 11.1 Å². The number of imidazole rings is 1. The summed E-state index contributed by atoms with van der Waals surface area (Å²) < 4.78 is 18.7. The topological polar surface area (TPSA) is 93.1 Å². The SMILES string of the molecule is Cc1cc(F)c2c(c1)nc(Nc1ccc(-c3cn([C@H]4CC[C@@H](N5CCN(C)CC5)CC4)c4ncnc(N)c34)cc1)n2C. The van der Waals surface area contributed by atoms with Crippen molar-refractivity contribution in [1.29, 1.82) is 0 Å². The van der Waals surface area contributed by atoms with E-state index in [2.05, 4.69) is 55.0 Å². The zero-order valence-electron chi connectivity index (χ0n) is 24.5. The number of halogens is 1. The molecule has 0 bridgehead atoms. The lowest BCUT2D eigenvalue weighted by molar-refractivity contribution is 0.0828. The van der Waals surface area contributed by atoms with Crippen LogP contribution in [0.4, 0.5) is 21.8 Å². The van der Waals surface area contributed by atoms with E-state index in [9.17, 15) is 4.39 Å². The zero-order valence-corrected chi connectivity index (χ0v) is 24.5. The van der Waals surface area contributed by atoms with E-state index in [1.807, 2.05) is 32.2 Å². The molecule has 0 spiro atoms. The lowest BCUT2D eigenvalue weighted by atomic mass is 9.89. The van der Waals surface area contributed by atoms with Crippen molar-refractivity contribution in [2.75, 3.05) is 44.3 Å². The molecule has 2 fully saturated rings. The molecule has 1 aliphatic heterocycles. The third kappa shape index (κ3) is 4.78. The van der Waals surface area contributed by atoms with Crippen LogP contribution in [-0.4, -0.2) is 73.2 Å². The highest BCUT2D eigenvalue weighted by atomic mass is 19.1. The molecule has 42 heavy (non-hydrogen) atoms. The number of hydrogen-bond acceptors (Lipinski definition) is 7. The molecule has 9 nitrogen and oxygen atoms in total. The minimum Gasteiger partial charge on any atom is -0.383 e. The first-order valence-corrected chi connectivity index (χ1v) is 14.9. The molecule has 3 aromatic heterocycles. The van der Waals surface area contributed by atoms with Gasteiger partial charge in [0.1, 0.15) is 29.1 Å². The monoisotopic (exact) mass is 567 g/mol. The van der Waals surface area contributed by atoms with Crippen molar-refractivity contribution in [3.63, 3.8) is 0 Å². The van der Waals surface area contributed by atoms with Gasteiger partial charge in [-0.1, -0.05) is 12.1 Å². The van der Waals surface area contributed by atoms with Crippen LogP contribution in [0.5, 0.6) is 0 Å². The predicted molar refractivity (Wildman–Crippen MR) is 166 cm³/mol. The van der Waals surface area contributed by atoms with Crippen LogP contribution in [0.25, 0.3) is 33.2 Å². The van der Waals surface area contributed by atoms with Crippen molar-refractivity contribution in [3.8, 4) is 11.1 Å². The molecule has 0 unspecified atom stereocenters. The maximum atomic E-state index is 14.6. The molecule has 0 radical (unpaired) electrons. The van der Waals surface area contributed by atoms with Gasteiger partial charge in [-0.2, -0.15) is 0 Å². The molecular weight excluding hydrogens is 529 g/mol. The first-order chi connectivity index (χ1) is 20.4. The average Bonchev–Trinajstić information content (AvgIpc) is 3.52. The van der Waals surface area contributed by atoms with E-state index in [0.29, 0.717) is 34.9 Å². The Hall–Kier alpha value is -4.02. The van der Waals surface area contributed by atoms with Crippen molar-refractivity contribution in [2.24, 2.45) is 7.05 Å². The van der Waals surface area contributed by atoms with E-state index in [1.54, 1.807) is 10.9 Å². The molecule has 10 heteroatoms. The van der Waals surface area contributed by atoms with Gasteiger partial charge in [-0.25, -0.2) is 19.3 Å². The molecule has 4 heterocycles. The maximum absolute atomic E-state index is 14.6. The fourth-order valence-corrected chi connectivity index (χ4v) is 6.90. The highest BCUT2D eigenvalue weighted by molar-refractivity contribution is 6.00. The number of piperazine rings is 1. The number of aryl methyl sites for hydroxylation is 2. The largest absolute Gasteiger partial charge is 0.383 e. The minimum atomic E-state index is -0.271. The number of aromatic nitrogens is 5. The molecule has 3 N–H and O–H groups in total. The van der Waals surface area contributed by atoms with E-state index in [0.717, 1.165) is 59.3 Å². The summed E-state index contributed by atoms with van der Waals surface area (Å²) in [5.74, 6) is 0.815. The number of likely N-dealkylation sites (N-methyl/N-ethyl adjacent to an activating group) is 1. The Morgan fingerprint density at radius 1 is 0.929 bits per heavy atom. The zero-order chi connectivity index (χ0) is 29.0. The van der Waals surface area contributed by atoms with E-state index < -0.39 is 0 Å². The van der Waals surface area contributed by atoms with Crippen LogP contribution in [0.3, 0.4) is 0 Å². The van der Waals surface area contributed by atoms with Crippen molar-refractivity contribution in [3.05, 3.63) is 60.3 Å². The van der Waals surface area contributed by atoms with Gasteiger partial charge in [0.2, 0.25) is 5.95 Å². The number of nitrogen functional groups attached to an aromatic ring is 1. The molecule has 2 aromatic carbocycles. The fraction of sp³-hybridized carbons (Fsp3) is 0.406. The summed E-state index contributed by atoms with van der Waals surface area (Å²) >= 11 is 0. The van der Waals surface area contributed by atoms with E-state index in [1.165, 1.54) is 32.0 Å². The Balaban J connectivity index is 1.13. The molecular formula is C32H38FN9. The van der Waals surface area contributed by atoms with Gasteiger partial charge in [-0.3, -0.25) is 4.90 Å². The molecule has 0 atom stereocenters. The Labute approximate surface area is 245 Å². The molecule has 1 saturated carbocycles. The molecule has 218 valence electrons. The van der Waals surface area contributed by atoms with Crippen LogP contribution in [0.1, 0.15) is 37.3 Å². The van der Waals surface area contributed by atoms with E-state index >= 15 is 0 Å². The van der Waals surface area contributed by atoms with Gasteiger partial charge in [0, 0.05) is 62.8 Å². The summed E-state index contributed by atoms with van der Waals surface area (Å²) in [6.45, 7) is 6.53. The molecule has 1 aliphatic carbocycles. The second-order valence-electron chi connectivity index (χ2n) is 12.0. The third-order valence-electron chi connectivity index (χ3n) is 9.27. The second-order valence-corrected chi connectivity index (χ2v) is 12.0. The number of nitrogens with one attached hydrogen (secondary N) is 1. The average molecular weight is 568 g/mol. The number of fused-ring (bicyclic) bond motifs is 2. The normalized spacial score (nSPS) is 20.5. The summed E-state index contributed by atoms with van der Waals surface area (Å²) in [5, 5.41) is 4.25. The quantitative estimate of drug-likeness (QED) is 0.290. The molecule has 7 rings (SSSR count). The van der Waals surface area contributed by atoms with Gasteiger partial charge in [0.15, 0.2) is 0 Å². The van der Waals surface area contributed by atoms with Gasteiger partial charge in [-0.15, -0.1) is 0 Å². The van der Waals surface area contributed by atoms with Crippen molar-refractivity contribution in [2.45, 2.75) is 44.7 Å². The maximum Gasteiger partial charge on any atom is 0.208 e. The van der Waals surface area contributed by atoms with Crippen LogP contribution in [-0.2, 0) is 7.05 Å². The Kier molecular flexibility index (Phi) is 6.82. The molecule has 1 saturated heterocycles. The smallest absolute Gasteiger partial charge is 0.208 e. The Bertz CT molecular complexity index is 1740. The highest BCUT2D eigenvalue weighted by Crippen LogP contribution is 2.39. The number of hydrogen-bond donors (Lipinski definition) is 2. The highest BCUT2D eigenvalue weighted by Gasteiger charge is 2.30. The van der Waals surface area contributed by atoms with Crippen LogP contribution in [0.15, 0.2) is 48.9 Å². The number of anilines is 3. The first-order valence-electron chi connectivity index (χ1n) is 14.9. The number of rotatable bonds is 5. The van der Waals surface area contributed by atoms with Crippen LogP contribution in [0, 0.1) is 12.7 Å². The van der Waals surface area contributed by atoms with E-state index in [-0.39, 0.29) is 5.82 Å². The third-order valence-corrected chi connectivity index (χ3v) is 9.27. The number of nitrogens with zero attached hydrogens (tertiary/aromatic N) is 7. The molecule has 2 aliphatic rings. The Morgan fingerprint density at radius 2 is 1.64 bits per heavy atom. The number of nitrogens with two attached hydrogens (primary N) is 1. The van der Waals surface area contributed by atoms with Crippen LogP contribution >= 0.6 is 0 Å². The summed E-state index contributed by atoms with van der Waals surface area (Å²) in [6.07, 6.45) is 8.46. The predicted octanol–water partition coefficient (Wildman–Crippen LogP) is 5.49. The van der Waals surface area contributed by atoms with Gasteiger partial charge in [0.05, 0.1) is 10.9 Å². The van der Waals surface area contributed by atoms with Crippen molar-refractivity contribution >= 4 is 39.5 Å². The van der Waals surface area contributed by atoms with Gasteiger partial charge in [0.25, 0.3) is 0 Å². The summed E-state index contributed by atoms with van der Waals surface area (Å²) in [6, 6.07) is 12.7. The van der Waals surface area contributed by atoms with Gasteiger partial charge >= 0.3 is 0 Å². The summed E-state index contributed by atoms with van der Waals surface area (Å²) in [4.78, 5) is 18.8. The fourth-order valence-electron chi connectivity index (χ4n) is 6.90. The van der Waals surface area contributed by atoms with E-state index in [4.69, 9.17) is 10.7 Å². The number of benzene rings is 2. The standard InChI is InChI=1S/C32H38FN9/c1-20-16-26(33)29-27(17-20)38-32(40(29)3)37-22-6-4-21(5-7-22)25-18-42(31-28(25)30(34)35-19-36-31)24-10-8-23(9-11-24)41-14-12-39(2)13-15-41/h4-7,16-19,23-24H,8-15H2,1-3H3,(H,37,38)(H2,34,35,36)/t23-,24+. The van der Waals surface area contributed by atoms with Crippen molar-refractivity contribution < 1.29 is 4.39 Å². The second kappa shape index (κ2) is 10.7. The minimum absolute atomic E-state index is 0.271. The summed E-state index contributed by atoms with van der Waals surface area (Å²) in [5.41, 5.74) is 12.3. The van der Waals surface area contributed by atoms with Gasteiger partial charge in [-0.05, 0) is 75.0 Å². The van der Waals surface area contributed by atoms with Crippen LogP contribution in [0.2, 0.25) is 0 Å². The lowest BCUT2D eigenvalue weighted by Gasteiger charge is -2.41.